The lowest BCUT2D eigenvalue weighted by molar-refractivity contribution is -0.274. The lowest BCUT2D eigenvalue weighted by Gasteiger charge is -2.25. The van der Waals surface area contributed by atoms with Crippen LogP contribution in [0.2, 0.25) is 0 Å². The fourth-order valence-electron chi connectivity index (χ4n) is 2.62. The normalized spacial score (nSPS) is 16.6. The van der Waals surface area contributed by atoms with E-state index in [-0.39, 0.29) is 26.2 Å². The molecule has 0 aliphatic carbocycles. The number of benzene rings is 1. The molecule has 1 aromatic rings. The summed E-state index contributed by atoms with van der Waals surface area (Å²) in [5.41, 5.74) is -1.61. The third-order valence-electron chi connectivity index (χ3n) is 3.99. The highest BCUT2D eigenvalue weighted by Gasteiger charge is 2.44. The first-order valence-corrected chi connectivity index (χ1v) is 9.58. The zero-order chi connectivity index (χ0) is 22.4. The number of halogens is 4. The van der Waals surface area contributed by atoms with E-state index < -0.39 is 34.9 Å². The number of esters is 1. The van der Waals surface area contributed by atoms with Gasteiger partial charge in [-0.25, -0.2) is 0 Å². The van der Waals surface area contributed by atoms with Crippen molar-refractivity contribution in [1.82, 2.24) is 5.32 Å². The molecule has 29 heavy (non-hydrogen) atoms. The fraction of sp³-hybridized carbons (Fsp3) is 0.474. The summed E-state index contributed by atoms with van der Waals surface area (Å²) < 4.78 is 52.8. The molecule has 0 spiro atoms. The van der Waals surface area contributed by atoms with Gasteiger partial charge in [-0.05, 0) is 63.3 Å². The Bertz CT molecular complexity index is 885. The van der Waals surface area contributed by atoms with Crippen molar-refractivity contribution < 1.29 is 37.0 Å². The van der Waals surface area contributed by atoms with Crippen molar-refractivity contribution in [2.45, 2.75) is 46.5 Å². The lowest BCUT2D eigenvalue weighted by atomic mass is 9.95. The molecule has 1 aromatic carbocycles. The zero-order valence-corrected chi connectivity index (χ0v) is 18.9. The summed E-state index contributed by atoms with van der Waals surface area (Å²) >= 11 is 1.78. The lowest BCUT2D eigenvalue weighted by Crippen LogP contribution is -2.40. The van der Waals surface area contributed by atoms with Gasteiger partial charge in [-0.3, -0.25) is 9.59 Å². The van der Waals surface area contributed by atoms with Crippen LogP contribution in [0.15, 0.2) is 17.9 Å². The van der Waals surface area contributed by atoms with Crippen molar-refractivity contribution >= 4 is 40.0 Å². The summed E-state index contributed by atoms with van der Waals surface area (Å²) in [6.07, 6.45) is -4.88. The van der Waals surface area contributed by atoms with Gasteiger partial charge in [0.25, 0.3) is 5.91 Å². The van der Waals surface area contributed by atoms with Crippen LogP contribution >= 0.6 is 22.6 Å². The van der Waals surface area contributed by atoms with Gasteiger partial charge in [-0.2, -0.15) is 0 Å². The van der Waals surface area contributed by atoms with E-state index >= 15 is 0 Å². The largest absolute Gasteiger partial charge is 0.573 e. The van der Waals surface area contributed by atoms with Gasteiger partial charge in [-0.15, -0.1) is 13.2 Å². The van der Waals surface area contributed by atoms with E-state index in [0.29, 0.717) is 0 Å². The van der Waals surface area contributed by atoms with E-state index in [9.17, 15) is 22.8 Å². The number of amides is 1. The maximum atomic E-state index is 12.7. The third kappa shape index (κ3) is 5.14. The molecule has 0 bridgehead atoms. The first kappa shape index (κ1) is 23.3. The second-order valence-corrected chi connectivity index (χ2v) is 9.12. The van der Waals surface area contributed by atoms with E-state index in [1.807, 2.05) is 0 Å². The molecule has 160 valence electrons. The van der Waals surface area contributed by atoms with Crippen LogP contribution in [-0.4, -0.2) is 30.9 Å². The van der Waals surface area contributed by atoms with Crippen LogP contribution in [0.5, 0.6) is 11.5 Å². The number of nitrogens with one attached hydrogen (secondary N) is 1. The Morgan fingerprint density at radius 2 is 1.76 bits per heavy atom. The average Bonchev–Trinajstić information content (AvgIpc) is 2.73. The van der Waals surface area contributed by atoms with Crippen LogP contribution in [0.3, 0.4) is 0 Å². The minimum atomic E-state index is -4.88. The first-order valence-electron chi connectivity index (χ1n) is 8.50. The van der Waals surface area contributed by atoms with E-state index in [0.717, 1.165) is 12.1 Å². The topological polar surface area (TPSA) is 73.9 Å². The smallest absolute Gasteiger partial charge is 0.496 e. The minimum Gasteiger partial charge on any atom is -0.496 e. The highest BCUT2D eigenvalue weighted by atomic mass is 127. The summed E-state index contributed by atoms with van der Waals surface area (Å²) in [5.74, 6) is -1.53. The fourth-order valence-corrected chi connectivity index (χ4v) is 3.47. The number of hydrogen-bond donors (Lipinski definition) is 1. The highest BCUT2D eigenvalue weighted by molar-refractivity contribution is 14.1. The Hall–Kier alpha value is -1.98. The van der Waals surface area contributed by atoms with Gasteiger partial charge in [0.2, 0.25) is 0 Å². The van der Waals surface area contributed by atoms with Crippen LogP contribution in [0.1, 0.15) is 40.2 Å². The first-order chi connectivity index (χ1) is 13.1. The summed E-state index contributed by atoms with van der Waals surface area (Å²) in [6, 6.07) is 2.15. The number of hydrogen-bond acceptors (Lipinski definition) is 5. The molecule has 1 amide bonds. The highest BCUT2D eigenvalue weighted by Crippen LogP contribution is 2.43. The maximum Gasteiger partial charge on any atom is 0.573 e. The quantitative estimate of drug-likeness (QED) is 0.464. The van der Waals surface area contributed by atoms with Gasteiger partial charge in [0, 0.05) is 15.2 Å². The monoisotopic (exact) mass is 527 g/mol. The zero-order valence-electron chi connectivity index (χ0n) is 16.7. The molecule has 1 aliphatic heterocycles. The number of methoxy groups -OCH3 is 1. The standard InChI is InChI=1S/C19H21F3INO5/c1-17(2,3)16(26)28-14-13(15(25)24-18(14,4)5)12-10(23)7-9(8-11(12)27-6)29-19(20,21)22/h7-8H,1-6H3,(H,24,25). The summed E-state index contributed by atoms with van der Waals surface area (Å²) in [5, 5.41) is 2.72. The molecule has 0 atom stereocenters. The van der Waals surface area contributed by atoms with Crippen molar-refractivity contribution in [2.24, 2.45) is 5.41 Å². The predicted molar refractivity (Wildman–Crippen MR) is 107 cm³/mol. The summed E-state index contributed by atoms with van der Waals surface area (Å²) in [6.45, 7) is 8.31. The SMILES string of the molecule is COc1cc(OC(F)(F)F)cc(I)c1C1=C(OC(=O)C(C)(C)C)C(C)(C)NC1=O. The van der Waals surface area contributed by atoms with Crippen molar-refractivity contribution in [3.05, 3.63) is 27.0 Å². The minimum absolute atomic E-state index is 0.0207. The molecule has 6 nitrogen and oxygen atoms in total. The van der Waals surface area contributed by atoms with Gasteiger partial charge >= 0.3 is 12.3 Å². The molecule has 10 heteroatoms. The number of alkyl halides is 3. The molecule has 0 saturated heterocycles. The van der Waals surface area contributed by atoms with Crippen LogP contribution in [0, 0.1) is 8.99 Å². The Balaban J connectivity index is 2.69. The van der Waals surface area contributed by atoms with Crippen LogP contribution in [0.25, 0.3) is 5.57 Å². The van der Waals surface area contributed by atoms with Gasteiger partial charge in [0.05, 0.1) is 23.6 Å². The van der Waals surface area contributed by atoms with Crippen molar-refractivity contribution in [1.29, 1.82) is 0 Å². The van der Waals surface area contributed by atoms with Crippen LogP contribution < -0.4 is 14.8 Å². The van der Waals surface area contributed by atoms with Gasteiger partial charge in [0.1, 0.15) is 17.3 Å². The number of carbonyl (C=O) groups excluding carboxylic acids is 2. The van der Waals surface area contributed by atoms with Crippen LogP contribution in [0.4, 0.5) is 13.2 Å². The third-order valence-corrected chi connectivity index (χ3v) is 4.84. The Morgan fingerprint density at radius 1 is 1.17 bits per heavy atom. The summed E-state index contributed by atoms with van der Waals surface area (Å²) in [7, 11) is 1.26. The number of carbonyl (C=O) groups is 2. The van der Waals surface area contributed by atoms with Crippen molar-refractivity contribution in [3.63, 3.8) is 0 Å². The maximum absolute atomic E-state index is 12.7. The molecule has 0 radical (unpaired) electrons. The Morgan fingerprint density at radius 3 is 2.24 bits per heavy atom. The molecule has 0 unspecified atom stereocenters. The number of rotatable bonds is 4. The molecule has 0 aromatic heterocycles. The molecule has 0 saturated carbocycles. The molecular formula is C19H21F3INO5. The van der Waals surface area contributed by atoms with E-state index in [1.54, 1.807) is 57.2 Å². The van der Waals surface area contributed by atoms with Crippen molar-refractivity contribution in [3.8, 4) is 11.5 Å². The van der Waals surface area contributed by atoms with Gasteiger partial charge in [0.15, 0.2) is 0 Å². The predicted octanol–water partition coefficient (Wildman–Crippen LogP) is 4.41. The molecule has 2 rings (SSSR count). The second-order valence-electron chi connectivity index (χ2n) is 7.95. The average molecular weight is 527 g/mol. The second kappa shape index (κ2) is 7.69. The molecule has 0 fully saturated rings. The van der Waals surface area contributed by atoms with E-state index in [4.69, 9.17) is 9.47 Å². The van der Waals surface area contributed by atoms with Crippen molar-refractivity contribution in [2.75, 3.05) is 7.11 Å². The molecular weight excluding hydrogens is 506 g/mol. The molecule has 1 aliphatic rings. The Kier molecular flexibility index (Phi) is 6.18. The van der Waals surface area contributed by atoms with E-state index in [1.165, 1.54) is 7.11 Å². The molecule has 1 N–H and O–H groups in total. The van der Waals surface area contributed by atoms with Gasteiger partial charge in [-0.1, -0.05) is 0 Å². The van der Waals surface area contributed by atoms with Gasteiger partial charge < -0.3 is 19.5 Å². The number of ether oxygens (including phenoxy) is 3. The summed E-state index contributed by atoms with van der Waals surface area (Å²) in [4.78, 5) is 25.2. The molecule has 1 heterocycles. The van der Waals surface area contributed by atoms with Crippen LogP contribution in [-0.2, 0) is 14.3 Å². The Labute approximate surface area is 179 Å². The van der Waals surface area contributed by atoms with E-state index in [2.05, 4.69) is 10.1 Å².